The second-order valence-electron chi connectivity index (χ2n) is 5.75. The highest BCUT2D eigenvalue weighted by Gasteiger charge is 2.20. The van der Waals surface area contributed by atoms with Gasteiger partial charge < -0.3 is 4.90 Å². The number of piperazine rings is 1. The highest BCUT2D eigenvalue weighted by Crippen LogP contribution is 2.29. The molecular weight excluding hydrogens is 294 g/mol. The molecule has 3 heterocycles. The predicted molar refractivity (Wildman–Crippen MR) is 90.3 cm³/mol. The van der Waals surface area contributed by atoms with Gasteiger partial charge in [-0.05, 0) is 12.1 Å². The van der Waals surface area contributed by atoms with E-state index in [1.54, 1.807) is 11.3 Å². The van der Waals surface area contributed by atoms with Crippen LogP contribution < -0.4 is 4.90 Å². The molecule has 0 bridgehead atoms. The monoisotopic (exact) mass is 313 g/mol. The Balaban J connectivity index is 1.40. The average molecular weight is 313 g/mol. The van der Waals surface area contributed by atoms with Crippen LogP contribution in [0.2, 0.25) is 0 Å². The molecule has 6 heteroatoms. The number of para-hydroxylation sites is 1. The van der Waals surface area contributed by atoms with E-state index in [4.69, 9.17) is 4.98 Å². The molecular formula is C16H19N5S. The zero-order valence-electron chi connectivity index (χ0n) is 12.6. The van der Waals surface area contributed by atoms with E-state index in [1.165, 1.54) is 10.3 Å². The van der Waals surface area contributed by atoms with E-state index < -0.39 is 0 Å². The minimum Gasteiger partial charge on any atom is -0.345 e. The summed E-state index contributed by atoms with van der Waals surface area (Å²) >= 11 is 1.80. The van der Waals surface area contributed by atoms with Crippen LogP contribution in [0, 0.1) is 0 Å². The molecule has 1 aliphatic rings. The fourth-order valence-electron chi connectivity index (χ4n) is 2.90. The molecule has 2 aromatic heterocycles. The molecule has 22 heavy (non-hydrogen) atoms. The Morgan fingerprint density at radius 1 is 1.14 bits per heavy atom. The maximum atomic E-state index is 4.76. The lowest BCUT2D eigenvalue weighted by Gasteiger charge is -2.34. The van der Waals surface area contributed by atoms with E-state index in [9.17, 15) is 0 Å². The highest BCUT2D eigenvalue weighted by molar-refractivity contribution is 7.22. The smallest absolute Gasteiger partial charge is 0.186 e. The van der Waals surface area contributed by atoms with Crippen LogP contribution in [-0.2, 0) is 13.6 Å². The minimum atomic E-state index is 0.988. The van der Waals surface area contributed by atoms with Gasteiger partial charge in [-0.1, -0.05) is 23.5 Å². The lowest BCUT2D eigenvalue weighted by molar-refractivity contribution is 0.250. The fraction of sp³-hybridized carbons (Fsp3) is 0.375. The summed E-state index contributed by atoms with van der Waals surface area (Å²) in [5, 5.41) is 5.40. The number of anilines is 1. The fourth-order valence-corrected chi connectivity index (χ4v) is 3.92. The Kier molecular flexibility index (Phi) is 3.56. The lowest BCUT2D eigenvalue weighted by Crippen LogP contribution is -2.45. The van der Waals surface area contributed by atoms with E-state index in [-0.39, 0.29) is 0 Å². The zero-order chi connectivity index (χ0) is 14.9. The molecule has 5 nitrogen and oxygen atoms in total. The van der Waals surface area contributed by atoms with Crippen LogP contribution in [0.15, 0.2) is 36.7 Å². The molecule has 1 aliphatic heterocycles. The molecule has 0 radical (unpaired) electrons. The molecule has 1 fully saturated rings. The summed E-state index contributed by atoms with van der Waals surface area (Å²) in [5.74, 6) is 0. The van der Waals surface area contributed by atoms with Gasteiger partial charge in [0.15, 0.2) is 5.13 Å². The molecule has 0 unspecified atom stereocenters. The van der Waals surface area contributed by atoms with Crippen LogP contribution in [0.1, 0.15) is 5.56 Å². The van der Waals surface area contributed by atoms with Crippen molar-refractivity contribution in [1.82, 2.24) is 19.7 Å². The number of rotatable bonds is 3. The van der Waals surface area contributed by atoms with Crippen molar-refractivity contribution >= 4 is 26.7 Å². The number of thiazole rings is 1. The summed E-state index contributed by atoms with van der Waals surface area (Å²) in [4.78, 5) is 9.66. The number of aryl methyl sites for hydroxylation is 1. The van der Waals surface area contributed by atoms with Gasteiger partial charge in [-0.2, -0.15) is 5.10 Å². The van der Waals surface area contributed by atoms with Gasteiger partial charge in [0.25, 0.3) is 0 Å². The Morgan fingerprint density at radius 2 is 1.95 bits per heavy atom. The number of aromatic nitrogens is 3. The topological polar surface area (TPSA) is 37.2 Å². The van der Waals surface area contributed by atoms with Crippen molar-refractivity contribution in [3.8, 4) is 0 Å². The van der Waals surface area contributed by atoms with Crippen molar-refractivity contribution in [2.75, 3.05) is 31.1 Å². The first-order valence-electron chi connectivity index (χ1n) is 7.58. The maximum absolute atomic E-state index is 4.76. The van der Waals surface area contributed by atoms with Gasteiger partial charge in [0, 0.05) is 51.5 Å². The summed E-state index contributed by atoms with van der Waals surface area (Å²) in [6.07, 6.45) is 4.06. The molecule has 0 amide bonds. The number of hydrogen-bond donors (Lipinski definition) is 0. The van der Waals surface area contributed by atoms with E-state index in [2.05, 4.69) is 45.4 Å². The first kappa shape index (κ1) is 13.7. The second kappa shape index (κ2) is 5.70. The maximum Gasteiger partial charge on any atom is 0.186 e. The standard InChI is InChI=1S/C16H19N5S/c1-19-11-13(10-17-19)12-20-6-8-21(9-7-20)16-18-14-4-2-3-5-15(14)22-16/h2-5,10-11H,6-9,12H2,1H3. The number of benzene rings is 1. The SMILES string of the molecule is Cn1cc(CN2CCN(c3nc4ccccc4s3)CC2)cn1. The van der Waals surface area contributed by atoms with E-state index >= 15 is 0 Å². The van der Waals surface area contributed by atoms with Gasteiger partial charge >= 0.3 is 0 Å². The van der Waals surface area contributed by atoms with Crippen molar-refractivity contribution in [3.05, 3.63) is 42.2 Å². The molecule has 1 aromatic carbocycles. The molecule has 0 atom stereocenters. The number of hydrogen-bond acceptors (Lipinski definition) is 5. The van der Waals surface area contributed by atoms with Gasteiger partial charge in [-0.15, -0.1) is 0 Å². The summed E-state index contributed by atoms with van der Waals surface area (Å²) in [5.41, 5.74) is 2.40. The highest BCUT2D eigenvalue weighted by atomic mass is 32.1. The Labute approximate surface area is 133 Å². The Bertz CT molecular complexity index is 737. The number of fused-ring (bicyclic) bond motifs is 1. The molecule has 114 valence electrons. The summed E-state index contributed by atoms with van der Waals surface area (Å²) in [6.45, 7) is 5.22. The van der Waals surface area contributed by atoms with Crippen LogP contribution in [-0.4, -0.2) is 45.8 Å². The van der Waals surface area contributed by atoms with Gasteiger partial charge in [0.1, 0.15) is 0 Å². The third kappa shape index (κ3) is 2.71. The third-order valence-corrected chi connectivity index (χ3v) is 5.19. The van der Waals surface area contributed by atoms with Crippen LogP contribution in [0.5, 0.6) is 0 Å². The van der Waals surface area contributed by atoms with E-state index in [1.807, 2.05) is 17.9 Å². The molecule has 0 spiro atoms. The van der Waals surface area contributed by atoms with Crippen molar-refractivity contribution < 1.29 is 0 Å². The van der Waals surface area contributed by atoms with Gasteiger partial charge in [-0.3, -0.25) is 9.58 Å². The summed E-state index contributed by atoms with van der Waals surface area (Å²) in [6, 6.07) is 8.37. The van der Waals surface area contributed by atoms with Crippen molar-refractivity contribution in [2.24, 2.45) is 7.05 Å². The van der Waals surface area contributed by atoms with Gasteiger partial charge in [-0.25, -0.2) is 4.98 Å². The first-order chi connectivity index (χ1) is 10.8. The Morgan fingerprint density at radius 3 is 2.68 bits per heavy atom. The lowest BCUT2D eigenvalue weighted by atomic mass is 10.2. The van der Waals surface area contributed by atoms with E-state index in [0.717, 1.165) is 43.4 Å². The van der Waals surface area contributed by atoms with Crippen LogP contribution in [0.4, 0.5) is 5.13 Å². The second-order valence-corrected chi connectivity index (χ2v) is 6.76. The van der Waals surface area contributed by atoms with E-state index in [0.29, 0.717) is 0 Å². The van der Waals surface area contributed by atoms with Crippen LogP contribution in [0.25, 0.3) is 10.2 Å². The van der Waals surface area contributed by atoms with Crippen LogP contribution >= 0.6 is 11.3 Å². The molecule has 0 N–H and O–H groups in total. The minimum absolute atomic E-state index is 0.988. The molecule has 0 aliphatic carbocycles. The molecule has 4 rings (SSSR count). The summed E-state index contributed by atoms with van der Waals surface area (Å²) < 4.78 is 3.14. The predicted octanol–water partition coefficient (Wildman–Crippen LogP) is 2.35. The Hall–Kier alpha value is -1.92. The average Bonchev–Trinajstić information content (AvgIpc) is 3.14. The largest absolute Gasteiger partial charge is 0.345 e. The van der Waals surface area contributed by atoms with Crippen molar-refractivity contribution in [2.45, 2.75) is 6.54 Å². The third-order valence-electron chi connectivity index (χ3n) is 4.09. The van der Waals surface area contributed by atoms with Crippen LogP contribution in [0.3, 0.4) is 0 Å². The summed E-state index contributed by atoms with van der Waals surface area (Å²) in [7, 11) is 1.97. The molecule has 0 saturated carbocycles. The zero-order valence-corrected chi connectivity index (χ0v) is 13.5. The normalized spacial score (nSPS) is 16.5. The van der Waals surface area contributed by atoms with Crippen molar-refractivity contribution in [3.63, 3.8) is 0 Å². The number of nitrogens with zero attached hydrogens (tertiary/aromatic N) is 5. The van der Waals surface area contributed by atoms with Gasteiger partial charge in [0.2, 0.25) is 0 Å². The molecule has 3 aromatic rings. The first-order valence-corrected chi connectivity index (χ1v) is 8.40. The quantitative estimate of drug-likeness (QED) is 0.744. The van der Waals surface area contributed by atoms with Crippen molar-refractivity contribution in [1.29, 1.82) is 0 Å². The van der Waals surface area contributed by atoms with Gasteiger partial charge in [0.05, 0.1) is 16.4 Å². The molecule has 1 saturated heterocycles.